The molecule has 54 valence electrons. The number of hydrogen-bond acceptors (Lipinski definition) is 1. The number of halogens is 2. The van der Waals surface area contributed by atoms with Crippen LogP contribution in [0.4, 0.5) is 8.63 Å². The van der Waals surface area contributed by atoms with Gasteiger partial charge in [0.25, 0.3) is 0 Å². The molecule has 0 aliphatic heterocycles. The summed E-state index contributed by atoms with van der Waals surface area (Å²) in [5.74, 6) is -0.127. The molecule has 1 rings (SSSR count). The van der Waals surface area contributed by atoms with Gasteiger partial charge < -0.3 is 6.53 Å². The van der Waals surface area contributed by atoms with Gasteiger partial charge in [-0.15, -0.1) is 0 Å². The molecule has 0 fully saturated rings. The summed E-state index contributed by atoms with van der Waals surface area (Å²) in [7, 11) is -2.51. The minimum atomic E-state index is -2.51. The fraction of sp³-hybridized carbons (Fsp3) is 0. The SMILES string of the molecule is Oc1cccc(B(F)F)c1.[H-].[K+]. The van der Waals surface area contributed by atoms with Gasteiger partial charge in [-0.2, -0.15) is 0 Å². The topological polar surface area (TPSA) is 20.2 Å². The Labute approximate surface area is 108 Å². The van der Waals surface area contributed by atoms with Crippen molar-refractivity contribution in [1.82, 2.24) is 0 Å². The minimum Gasteiger partial charge on any atom is -1.00 e. The van der Waals surface area contributed by atoms with Crippen molar-refractivity contribution in [2.45, 2.75) is 0 Å². The van der Waals surface area contributed by atoms with Gasteiger partial charge in [0.15, 0.2) is 0 Å². The Bertz CT molecular complexity index is 237. The van der Waals surface area contributed by atoms with E-state index in [4.69, 9.17) is 5.11 Å². The molecule has 1 aromatic rings. The molecule has 0 saturated heterocycles. The van der Waals surface area contributed by atoms with E-state index in [1.54, 1.807) is 0 Å². The first-order valence-electron chi connectivity index (χ1n) is 2.77. The van der Waals surface area contributed by atoms with E-state index >= 15 is 0 Å². The molecule has 0 spiro atoms. The van der Waals surface area contributed by atoms with Crippen molar-refractivity contribution in [1.29, 1.82) is 0 Å². The predicted molar refractivity (Wildman–Crippen MR) is 36.8 cm³/mol. The maximum atomic E-state index is 11.8. The van der Waals surface area contributed by atoms with Crippen molar-refractivity contribution in [2.75, 3.05) is 0 Å². The fourth-order valence-electron chi connectivity index (χ4n) is 0.661. The van der Waals surface area contributed by atoms with Gasteiger partial charge >= 0.3 is 58.7 Å². The second-order valence-corrected chi connectivity index (χ2v) is 1.90. The van der Waals surface area contributed by atoms with Crippen molar-refractivity contribution < 1.29 is 66.5 Å². The molecule has 0 bridgehead atoms. The largest absolute Gasteiger partial charge is 1.00 e. The smallest absolute Gasteiger partial charge is 1.00 e. The minimum absolute atomic E-state index is 0. The summed E-state index contributed by atoms with van der Waals surface area (Å²) >= 11 is 0. The van der Waals surface area contributed by atoms with E-state index in [2.05, 4.69) is 0 Å². The summed E-state index contributed by atoms with van der Waals surface area (Å²) < 4.78 is 23.7. The van der Waals surface area contributed by atoms with Gasteiger partial charge in [0.2, 0.25) is 0 Å². The third-order valence-corrected chi connectivity index (χ3v) is 1.12. The molecule has 1 N–H and O–H groups in total. The molecular formula is C6H6BF2KO. The molecule has 0 atom stereocenters. The Kier molecular flexibility index (Phi) is 5.54. The van der Waals surface area contributed by atoms with E-state index in [0.29, 0.717) is 0 Å². The molecular weight excluding hydrogens is 176 g/mol. The van der Waals surface area contributed by atoms with E-state index in [0.717, 1.165) is 6.07 Å². The van der Waals surface area contributed by atoms with Gasteiger partial charge in [-0.05, 0) is 17.6 Å². The molecule has 0 unspecified atom stereocenters. The second-order valence-electron chi connectivity index (χ2n) is 1.90. The maximum Gasteiger partial charge on any atom is 1.00 e. The van der Waals surface area contributed by atoms with Crippen molar-refractivity contribution >= 4 is 12.7 Å². The molecule has 0 aliphatic rings. The number of aromatic hydroxyl groups is 1. The van der Waals surface area contributed by atoms with Crippen LogP contribution in [0.5, 0.6) is 5.75 Å². The Morgan fingerprint density at radius 2 is 2.00 bits per heavy atom. The van der Waals surface area contributed by atoms with E-state index in [1.807, 2.05) is 0 Å². The van der Waals surface area contributed by atoms with E-state index < -0.39 is 7.27 Å². The molecule has 5 heteroatoms. The van der Waals surface area contributed by atoms with E-state index in [-0.39, 0.29) is 64.0 Å². The zero-order valence-corrected chi connectivity index (χ0v) is 9.21. The zero-order chi connectivity index (χ0) is 7.56. The Hall–Kier alpha value is 0.581. The van der Waals surface area contributed by atoms with Crippen molar-refractivity contribution in [3.05, 3.63) is 24.3 Å². The first-order valence-corrected chi connectivity index (χ1v) is 2.77. The average Bonchev–Trinajstić information content (AvgIpc) is 1.88. The van der Waals surface area contributed by atoms with E-state index in [9.17, 15) is 8.63 Å². The van der Waals surface area contributed by atoms with Crippen molar-refractivity contribution in [3.8, 4) is 5.75 Å². The molecule has 0 heterocycles. The summed E-state index contributed by atoms with van der Waals surface area (Å²) in [6.45, 7) is 0. The summed E-state index contributed by atoms with van der Waals surface area (Å²) in [5, 5.41) is 8.73. The average molecular weight is 182 g/mol. The molecule has 11 heavy (non-hydrogen) atoms. The first-order chi connectivity index (χ1) is 4.70. The standard InChI is InChI=1S/C6H5BF2O.K.H/c8-7(9)5-2-1-3-6(10)4-5;;/h1-4,10H;;/q;+1;-1. The molecule has 0 aromatic heterocycles. The number of hydrogen-bond donors (Lipinski definition) is 1. The van der Waals surface area contributed by atoms with Crippen LogP contribution in [0.2, 0.25) is 0 Å². The van der Waals surface area contributed by atoms with Crippen LogP contribution in [0.3, 0.4) is 0 Å². The van der Waals surface area contributed by atoms with Crippen LogP contribution in [0.25, 0.3) is 0 Å². The maximum absolute atomic E-state index is 11.8. The zero-order valence-electron chi connectivity index (χ0n) is 7.09. The predicted octanol–water partition coefficient (Wildman–Crippen LogP) is -1.86. The first kappa shape index (κ1) is 11.6. The number of phenolic OH excluding ortho intramolecular Hbond substituents is 1. The summed E-state index contributed by atoms with van der Waals surface area (Å²) in [4.78, 5) is 0. The molecule has 1 nitrogen and oxygen atoms in total. The van der Waals surface area contributed by atoms with E-state index in [1.165, 1.54) is 18.2 Å². The van der Waals surface area contributed by atoms with Crippen LogP contribution in [0.15, 0.2) is 24.3 Å². The number of phenols is 1. The van der Waals surface area contributed by atoms with Crippen molar-refractivity contribution in [3.63, 3.8) is 0 Å². The third-order valence-electron chi connectivity index (χ3n) is 1.12. The number of benzene rings is 1. The summed E-state index contributed by atoms with van der Waals surface area (Å²) in [6, 6.07) is 5.05. The van der Waals surface area contributed by atoms with Crippen LogP contribution in [0, 0.1) is 0 Å². The van der Waals surface area contributed by atoms with Gasteiger partial charge in [0.05, 0.1) is 0 Å². The third kappa shape index (κ3) is 3.66. The Morgan fingerprint density at radius 1 is 1.36 bits per heavy atom. The molecule has 0 saturated carbocycles. The summed E-state index contributed by atoms with van der Waals surface area (Å²) in [6.07, 6.45) is 0. The van der Waals surface area contributed by atoms with Crippen LogP contribution in [-0.4, -0.2) is 12.4 Å². The van der Waals surface area contributed by atoms with Crippen LogP contribution < -0.4 is 56.8 Å². The molecule has 0 amide bonds. The van der Waals surface area contributed by atoms with Gasteiger partial charge in [0.1, 0.15) is 5.75 Å². The normalized spacial score (nSPS) is 8.55. The monoisotopic (exact) mass is 182 g/mol. The van der Waals surface area contributed by atoms with Crippen molar-refractivity contribution in [2.24, 2.45) is 0 Å². The van der Waals surface area contributed by atoms with Gasteiger partial charge in [0, 0.05) is 0 Å². The second kappa shape index (κ2) is 5.27. The van der Waals surface area contributed by atoms with Crippen LogP contribution in [0.1, 0.15) is 1.43 Å². The van der Waals surface area contributed by atoms with Crippen LogP contribution in [-0.2, 0) is 0 Å². The Morgan fingerprint density at radius 3 is 2.36 bits per heavy atom. The quantitative estimate of drug-likeness (QED) is 0.505. The Balaban J connectivity index is 0. The fourth-order valence-corrected chi connectivity index (χ4v) is 0.661. The summed E-state index contributed by atoms with van der Waals surface area (Å²) in [5.41, 5.74) is -0.153. The van der Waals surface area contributed by atoms with Crippen LogP contribution >= 0.6 is 0 Å². The number of rotatable bonds is 1. The molecule has 1 aromatic carbocycles. The molecule has 0 radical (unpaired) electrons. The van der Waals surface area contributed by atoms with Gasteiger partial charge in [-0.3, -0.25) is 8.63 Å². The van der Waals surface area contributed by atoms with Gasteiger partial charge in [-0.1, -0.05) is 12.1 Å². The molecule has 0 aliphatic carbocycles. The van der Waals surface area contributed by atoms with Gasteiger partial charge in [-0.25, -0.2) is 0 Å².